The number of nitrogens with zero attached hydrogens (tertiary/aromatic N) is 1. The molecule has 0 aromatic carbocycles. The Morgan fingerprint density at radius 2 is 2.20 bits per heavy atom. The lowest BCUT2D eigenvalue weighted by atomic mass is 10.0. The van der Waals surface area contributed by atoms with E-state index < -0.39 is 0 Å². The van der Waals surface area contributed by atoms with E-state index in [1.165, 1.54) is 6.42 Å². The van der Waals surface area contributed by atoms with Crippen LogP contribution in [-0.2, 0) is 12.8 Å². The molecule has 0 atom stereocenters. The summed E-state index contributed by atoms with van der Waals surface area (Å²) in [7, 11) is 0. The predicted octanol–water partition coefficient (Wildman–Crippen LogP) is 3.25. The van der Waals surface area contributed by atoms with E-state index in [4.69, 9.17) is 0 Å². The van der Waals surface area contributed by atoms with Crippen LogP contribution < -0.4 is 0 Å². The smallest absolute Gasteiger partial charge is 0.174 e. The van der Waals surface area contributed by atoms with Crippen LogP contribution in [0.5, 0.6) is 0 Å². The molecule has 1 aromatic rings. The molecule has 3 heteroatoms. The molecule has 0 bridgehead atoms. The highest BCUT2D eigenvalue weighted by Gasteiger charge is 2.21. The maximum absolute atomic E-state index is 11.6. The van der Waals surface area contributed by atoms with E-state index in [0.717, 1.165) is 41.3 Å². The van der Waals surface area contributed by atoms with Crippen molar-refractivity contribution in [1.82, 2.24) is 4.98 Å². The molecular formula is C12H17NOS. The van der Waals surface area contributed by atoms with Gasteiger partial charge in [0.15, 0.2) is 5.78 Å². The Kier molecular flexibility index (Phi) is 3.19. The summed E-state index contributed by atoms with van der Waals surface area (Å²) in [6.45, 7) is 4.44. The molecule has 0 radical (unpaired) electrons. The molecule has 1 aliphatic rings. The molecule has 15 heavy (non-hydrogen) atoms. The summed E-state index contributed by atoms with van der Waals surface area (Å²) in [6.07, 6.45) is 4.90. The van der Waals surface area contributed by atoms with Crippen LogP contribution in [0, 0.1) is 5.92 Å². The first-order valence-corrected chi connectivity index (χ1v) is 6.50. The third kappa shape index (κ3) is 2.46. The average molecular weight is 223 g/mol. The van der Waals surface area contributed by atoms with Gasteiger partial charge in [-0.2, -0.15) is 0 Å². The Morgan fingerprint density at radius 1 is 1.40 bits per heavy atom. The minimum absolute atomic E-state index is 0.310. The van der Waals surface area contributed by atoms with Crippen molar-refractivity contribution in [2.24, 2.45) is 5.92 Å². The van der Waals surface area contributed by atoms with Crippen LogP contribution in [0.4, 0.5) is 0 Å². The largest absolute Gasteiger partial charge is 0.293 e. The topological polar surface area (TPSA) is 30.0 Å². The van der Waals surface area contributed by atoms with E-state index in [1.807, 2.05) is 0 Å². The van der Waals surface area contributed by atoms with E-state index in [2.05, 4.69) is 18.8 Å². The monoisotopic (exact) mass is 223 g/mol. The second kappa shape index (κ2) is 4.44. The van der Waals surface area contributed by atoms with Crippen molar-refractivity contribution >= 4 is 17.1 Å². The fourth-order valence-electron chi connectivity index (χ4n) is 1.84. The van der Waals surface area contributed by atoms with Gasteiger partial charge in [0.25, 0.3) is 0 Å². The van der Waals surface area contributed by atoms with Crippen LogP contribution in [0.2, 0.25) is 0 Å². The molecule has 0 saturated heterocycles. The molecule has 0 aliphatic heterocycles. The Balaban J connectivity index is 2.11. The van der Waals surface area contributed by atoms with Gasteiger partial charge in [-0.1, -0.05) is 13.8 Å². The van der Waals surface area contributed by atoms with Crippen molar-refractivity contribution in [3.8, 4) is 0 Å². The van der Waals surface area contributed by atoms with Crippen LogP contribution in [-0.4, -0.2) is 10.8 Å². The van der Waals surface area contributed by atoms with Gasteiger partial charge < -0.3 is 0 Å². The molecule has 0 saturated carbocycles. The molecule has 1 heterocycles. The number of Topliss-reactive ketones (excluding diaryl/α,β-unsaturated/α-hetero) is 1. The Bertz CT molecular complexity index is 368. The third-order valence-electron chi connectivity index (χ3n) is 2.75. The van der Waals surface area contributed by atoms with Crippen molar-refractivity contribution < 1.29 is 4.79 Å². The van der Waals surface area contributed by atoms with Crippen LogP contribution >= 0.6 is 11.3 Å². The van der Waals surface area contributed by atoms with E-state index >= 15 is 0 Å². The molecule has 2 rings (SSSR count). The summed E-state index contributed by atoms with van der Waals surface area (Å²) in [5.74, 6) is 1.02. The number of ketones is 1. The lowest BCUT2D eigenvalue weighted by molar-refractivity contribution is 0.0976. The number of carbonyl (C=O) groups excluding carboxylic acids is 1. The molecule has 1 aromatic heterocycles. The Labute approximate surface area is 94.7 Å². The maximum Gasteiger partial charge on any atom is 0.174 e. The van der Waals surface area contributed by atoms with Gasteiger partial charge in [0.2, 0.25) is 0 Å². The van der Waals surface area contributed by atoms with Gasteiger partial charge in [0.1, 0.15) is 0 Å². The summed E-state index contributed by atoms with van der Waals surface area (Å²) in [5.41, 5.74) is 1.06. The zero-order valence-electron chi connectivity index (χ0n) is 9.38. The molecule has 0 amide bonds. The zero-order chi connectivity index (χ0) is 10.8. The summed E-state index contributed by atoms with van der Waals surface area (Å²) in [6, 6.07) is 0. The van der Waals surface area contributed by atoms with E-state index in [-0.39, 0.29) is 0 Å². The number of aromatic nitrogens is 1. The first-order chi connectivity index (χ1) is 7.16. The van der Waals surface area contributed by atoms with Gasteiger partial charge in [-0.05, 0) is 31.6 Å². The second-order valence-electron chi connectivity index (χ2n) is 4.59. The molecule has 1 aliphatic carbocycles. The van der Waals surface area contributed by atoms with Crippen LogP contribution in [0.25, 0.3) is 0 Å². The van der Waals surface area contributed by atoms with Gasteiger partial charge in [-0.15, -0.1) is 11.3 Å². The fourth-order valence-corrected chi connectivity index (χ4v) is 2.93. The summed E-state index contributed by atoms with van der Waals surface area (Å²) >= 11 is 1.62. The van der Waals surface area contributed by atoms with Gasteiger partial charge >= 0.3 is 0 Å². The van der Waals surface area contributed by atoms with Crippen LogP contribution in [0.1, 0.15) is 53.5 Å². The number of thiazole rings is 1. The third-order valence-corrected chi connectivity index (χ3v) is 3.95. The highest BCUT2D eigenvalue weighted by atomic mass is 32.1. The first-order valence-electron chi connectivity index (χ1n) is 5.68. The lowest BCUT2D eigenvalue weighted by Crippen LogP contribution is -2.07. The molecule has 0 spiro atoms. The summed E-state index contributed by atoms with van der Waals surface area (Å²) in [4.78, 5) is 17.1. The van der Waals surface area contributed by atoms with Crippen molar-refractivity contribution in [2.75, 3.05) is 0 Å². The quantitative estimate of drug-likeness (QED) is 0.787. The minimum Gasteiger partial charge on any atom is -0.293 e. The lowest BCUT2D eigenvalue weighted by Gasteiger charge is -2.06. The molecule has 2 nitrogen and oxygen atoms in total. The Morgan fingerprint density at radius 3 is 2.87 bits per heavy atom. The standard InChI is InChI=1S/C12H17NOS/c1-8(2)6-7-11-13-9-4-3-5-10(14)12(9)15-11/h8H,3-7H2,1-2H3. The van der Waals surface area contributed by atoms with E-state index in [1.54, 1.807) is 11.3 Å². The highest BCUT2D eigenvalue weighted by Crippen LogP contribution is 2.27. The number of fused-ring (bicyclic) bond motifs is 1. The average Bonchev–Trinajstić information content (AvgIpc) is 2.59. The normalized spacial score (nSPS) is 15.8. The molecule has 0 fully saturated rings. The Hall–Kier alpha value is -0.700. The van der Waals surface area contributed by atoms with Gasteiger partial charge in [-0.3, -0.25) is 4.79 Å². The fraction of sp³-hybridized carbons (Fsp3) is 0.667. The van der Waals surface area contributed by atoms with E-state index in [0.29, 0.717) is 11.7 Å². The van der Waals surface area contributed by atoms with Crippen LogP contribution in [0.3, 0.4) is 0 Å². The van der Waals surface area contributed by atoms with Gasteiger partial charge in [0.05, 0.1) is 15.6 Å². The van der Waals surface area contributed by atoms with Gasteiger partial charge in [-0.25, -0.2) is 4.98 Å². The maximum atomic E-state index is 11.6. The molecular weight excluding hydrogens is 206 g/mol. The number of carbonyl (C=O) groups is 1. The highest BCUT2D eigenvalue weighted by molar-refractivity contribution is 7.13. The van der Waals surface area contributed by atoms with Gasteiger partial charge in [0, 0.05) is 6.42 Å². The zero-order valence-corrected chi connectivity index (χ0v) is 10.2. The number of hydrogen-bond acceptors (Lipinski definition) is 3. The molecule has 0 unspecified atom stereocenters. The van der Waals surface area contributed by atoms with Crippen molar-refractivity contribution in [2.45, 2.75) is 46.0 Å². The first kappa shape index (κ1) is 10.8. The van der Waals surface area contributed by atoms with Crippen molar-refractivity contribution in [1.29, 1.82) is 0 Å². The van der Waals surface area contributed by atoms with Crippen molar-refractivity contribution in [3.63, 3.8) is 0 Å². The van der Waals surface area contributed by atoms with Crippen molar-refractivity contribution in [3.05, 3.63) is 15.6 Å². The molecule has 82 valence electrons. The number of rotatable bonds is 3. The summed E-state index contributed by atoms with van der Waals surface area (Å²) < 4.78 is 0. The SMILES string of the molecule is CC(C)CCc1nc2c(s1)C(=O)CCC2. The van der Waals surface area contributed by atoms with E-state index in [9.17, 15) is 4.79 Å². The summed E-state index contributed by atoms with van der Waals surface area (Å²) in [5, 5.41) is 1.16. The molecule has 0 N–H and O–H groups in total. The number of aryl methyl sites for hydroxylation is 2. The second-order valence-corrected chi connectivity index (χ2v) is 5.68. The van der Waals surface area contributed by atoms with Crippen LogP contribution in [0.15, 0.2) is 0 Å². The minimum atomic E-state index is 0.310. The predicted molar refractivity (Wildman–Crippen MR) is 62.5 cm³/mol. The number of hydrogen-bond donors (Lipinski definition) is 0.